The van der Waals surface area contributed by atoms with Gasteiger partial charge in [-0.05, 0) is 37.5 Å². The van der Waals surface area contributed by atoms with Crippen LogP contribution in [0.5, 0.6) is 5.88 Å². The molecule has 0 radical (unpaired) electrons. The van der Waals surface area contributed by atoms with Crippen LogP contribution in [0.25, 0.3) is 0 Å². The first-order chi connectivity index (χ1) is 17.6. The first-order valence-corrected chi connectivity index (χ1v) is 12.5. The maximum atomic E-state index is 14.0. The number of ether oxygens (including phenoxy) is 1. The van der Waals surface area contributed by atoms with Crippen LogP contribution >= 0.6 is 23.1 Å². The number of nitrogens with one attached hydrogen (secondary N) is 2. The predicted molar refractivity (Wildman–Crippen MR) is 131 cm³/mol. The molecule has 0 spiro atoms. The molecule has 1 fully saturated rings. The standard InChI is InChI=1S/C22H27ClF3N5O5S/c1-30-6-8-31(9-7-30)5-3-12(32)2-4-27-22(35)28-20-16(21(33)34)19(29-37-20)36-11-13-15(24)10-14(23)18(26)17(13)25/h10,12,32H,2-9,11H2,1H3,(H,33,34)(H2,27,28,35). The summed E-state index contributed by atoms with van der Waals surface area (Å²) in [7, 11) is 2.06. The molecule has 0 aliphatic carbocycles. The molecular formula is C22H27ClF3N5O5S. The van der Waals surface area contributed by atoms with Crippen molar-refractivity contribution in [3.05, 3.63) is 39.7 Å². The van der Waals surface area contributed by atoms with Gasteiger partial charge in [-0.1, -0.05) is 11.6 Å². The quantitative estimate of drug-likeness (QED) is 0.242. The Morgan fingerprint density at radius 1 is 1.22 bits per heavy atom. The first kappa shape index (κ1) is 28.9. The number of hydrogen-bond acceptors (Lipinski definition) is 8. The number of anilines is 1. The number of amides is 2. The predicted octanol–water partition coefficient (Wildman–Crippen LogP) is 3.00. The number of piperazine rings is 1. The number of carboxylic acid groups (broad SMARTS) is 1. The van der Waals surface area contributed by atoms with E-state index in [-0.39, 0.29) is 11.5 Å². The highest BCUT2D eigenvalue weighted by molar-refractivity contribution is 7.11. The van der Waals surface area contributed by atoms with Crippen molar-refractivity contribution < 1.29 is 37.7 Å². The van der Waals surface area contributed by atoms with Crippen LogP contribution in [0.4, 0.5) is 23.0 Å². The van der Waals surface area contributed by atoms with Crippen molar-refractivity contribution in [2.75, 3.05) is 51.6 Å². The van der Waals surface area contributed by atoms with Crippen molar-refractivity contribution in [2.24, 2.45) is 0 Å². The lowest BCUT2D eigenvalue weighted by molar-refractivity contribution is 0.0692. The Morgan fingerprint density at radius 2 is 1.92 bits per heavy atom. The molecule has 2 amide bonds. The molecule has 37 heavy (non-hydrogen) atoms. The van der Waals surface area contributed by atoms with E-state index in [1.807, 2.05) is 0 Å². The normalized spacial score (nSPS) is 15.4. The van der Waals surface area contributed by atoms with Crippen molar-refractivity contribution in [1.82, 2.24) is 19.5 Å². The Hall–Kier alpha value is -2.65. The van der Waals surface area contributed by atoms with Crippen molar-refractivity contribution in [2.45, 2.75) is 25.6 Å². The van der Waals surface area contributed by atoms with E-state index in [0.29, 0.717) is 30.4 Å². The smallest absolute Gasteiger partial charge is 0.344 e. The lowest BCUT2D eigenvalue weighted by Gasteiger charge is -2.32. The number of rotatable bonds is 11. The maximum Gasteiger partial charge on any atom is 0.344 e. The van der Waals surface area contributed by atoms with E-state index in [1.165, 1.54) is 0 Å². The van der Waals surface area contributed by atoms with Gasteiger partial charge in [-0.3, -0.25) is 5.32 Å². The molecule has 2 heterocycles. The number of halogens is 4. The van der Waals surface area contributed by atoms with E-state index < -0.39 is 64.2 Å². The van der Waals surface area contributed by atoms with Crippen LogP contribution in [0.3, 0.4) is 0 Å². The molecule has 2 aromatic rings. The van der Waals surface area contributed by atoms with Gasteiger partial charge in [-0.25, -0.2) is 22.8 Å². The molecule has 10 nitrogen and oxygen atoms in total. The highest BCUT2D eigenvalue weighted by Crippen LogP contribution is 2.32. The van der Waals surface area contributed by atoms with E-state index in [1.54, 1.807) is 0 Å². The molecule has 1 aromatic heterocycles. The van der Waals surface area contributed by atoms with Gasteiger partial charge in [0.1, 0.15) is 17.4 Å². The van der Waals surface area contributed by atoms with Gasteiger partial charge in [0.15, 0.2) is 17.2 Å². The average molecular weight is 566 g/mol. The Labute approximate surface area is 220 Å². The molecule has 1 unspecified atom stereocenters. The third kappa shape index (κ3) is 7.92. The third-order valence-electron chi connectivity index (χ3n) is 5.80. The van der Waals surface area contributed by atoms with E-state index in [9.17, 15) is 33.0 Å². The molecule has 0 bridgehead atoms. The molecular weight excluding hydrogens is 539 g/mol. The number of aromatic nitrogens is 1. The highest BCUT2D eigenvalue weighted by atomic mass is 35.5. The number of aliphatic hydroxyl groups excluding tert-OH is 1. The van der Waals surface area contributed by atoms with Gasteiger partial charge >= 0.3 is 12.0 Å². The van der Waals surface area contributed by atoms with Crippen LogP contribution in [0.2, 0.25) is 5.02 Å². The average Bonchev–Trinajstić information content (AvgIpc) is 3.24. The Kier molecular flexibility index (Phi) is 10.3. The number of carbonyl (C=O) groups is 2. The molecule has 1 aliphatic rings. The second-order valence-electron chi connectivity index (χ2n) is 8.49. The number of nitrogens with zero attached hydrogens (tertiary/aromatic N) is 3. The number of aliphatic hydroxyl groups is 1. The molecule has 3 rings (SSSR count). The number of carboxylic acids is 1. The number of hydrogen-bond donors (Lipinski definition) is 4. The zero-order valence-electron chi connectivity index (χ0n) is 19.9. The number of benzene rings is 1. The third-order valence-corrected chi connectivity index (χ3v) is 6.82. The van der Waals surface area contributed by atoms with Gasteiger partial charge in [0.05, 0.1) is 16.7 Å². The number of carbonyl (C=O) groups excluding carboxylic acids is 1. The first-order valence-electron chi connectivity index (χ1n) is 11.4. The van der Waals surface area contributed by atoms with Gasteiger partial charge in [-0.15, -0.1) is 0 Å². The van der Waals surface area contributed by atoms with E-state index in [4.69, 9.17) is 16.3 Å². The molecule has 1 aliphatic heterocycles. The summed E-state index contributed by atoms with van der Waals surface area (Å²) >= 11 is 5.96. The second kappa shape index (κ2) is 13.2. The summed E-state index contributed by atoms with van der Waals surface area (Å²) in [4.78, 5) is 28.4. The molecule has 1 saturated heterocycles. The largest absolute Gasteiger partial charge is 0.477 e. The van der Waals surface area contributed by atoms with Crippen molar-refractivity contribution in [3.8, 4) is 5.88 Å². The Morgan fingerprint density at radius 3 is 2.59 bits per heavy atom. The van der Waals surface area contributed by atoms with Gasteiger partial charge in [-0.2, -0.15) is 4.37 Å². The number of urea groups is 1. The summed E-state index contributed by atoms with van der Waals surface area (Å²) in [6.45, 7) is 3.87. The molecule has 4 N–H and O–H groups in total. The lowest BCUT2D eigenvalue weighted by Crippen LogP contribution is -2.45. The molecule has 15 heteroatoms. The summed E-state index contributed by atoms with van der Waals surface area (Å²) in [6.07, 6.45) is 0.250. The Bertz CT molecular complexity index is 1120. The molecule has 1 atom stereocenters. The summed E-state index contributed by atoms with van der Waals surface area (Å²) in [5.74, 6) is -6.25. The minimum Gasteiger partial charge on any atom is -0.477 e. The summed E-state index contributed by atoms with van der Waals surface area (Å²) < 4.78 is 50.5. The van der Waals surface area contributed by atoms with Gasteiger partial charge in [0.2, 0.25) is 5.88 Å². The van der Waals surface area contributed by atoms with Crippen molar-refractivity contribution in [3.63, 3.8) is 0 Å². The molecule has 0 saturated carbocycles. The minimum absolute atomic E-state index is 0.140. The fourth-order valence-electron chi connectivity index (χ4n) is 3.57. The minimum atomic E-state index is -1.57. The zero-order valence-corrected chi connectivity index (χ0v) is 21.5. The van der Waals surface area contributed by atoms with Gasteiger partial charge in [0.25, 0.3) is 0 Å². The molecule has 204 valence electrons. The maximum absolute atomic E-state index is 14.0. The fraction of sp³-hybridized carbons (Fsp3) is 0.500. The summed E-state index contributed by atoms with van der Waals surface area (Å²) in [5, 5.41) is 23.6. The fourth-order valence-corrected chi connectivity index (χ4v) is 4.47. The lowest BCUT2D eigenvalue weighted by atomic mass is 10.1. The monoisotopic (exact) mass is 565 g/mol. The SMILES string of the molecule is CN1CCN(CCC(O)CCNC(=O)Nc2snc(OCc3c(F)cc(Cl)c(F)c3F)c2C(=O)O)CC1. The van der Waals surface area contributed by atoms with Gasteiger partial charge in [0, 0.05) is 39.3 Å². The zero-order chi connectivity index (χ0) is 27.1. The van der Waals surface area contributed by atoms with Crippen molar-refractivity contribution >= 4 is 40.1 Å². The van der Waals surface area contributed by atoms with E-state index in [0.717, 1.165) is 32.7 Å². The second-order valence-corrected chi connectivity index (χ2v) is 9.67. The van der Waals surface area contributed by atoms with Gasteiger partial charge < -0.3 is 30.1 Å². The molecule has 1 aromatic carbocycles. The number of aromatic carboxylic acids is 1. The van der Waals surface area contributed by atoms with Crippen LogP contribution in [-0.4, -0.2) is 88.8 Å². The van der Waals surface area contributed by atoms with Crippen LogP contribution in [0.15, 0.2) is 6.07 Å². The Balaban J connectivity index is 1.49. The van der Waals surface area contributed by atoms with Crippen LogP contribution in [0.1, 0.15) is 28.8 Å². The van der Waals surface area contributed by atoms with E-state index >= 15 is 0 Å². The number of likely N-dealkylation sites (N-methyl/N-ethyl adjacent to an activating group) is 1. The highest BCUT2D eigenvalue weighted by Gasteiger charge is 2.25. The van der Waals surface area contributed by atoms with Crippen LogP contribution < -0.4 is 15.4 Å². The topological polar surface area (TPSA) is 127 Å². The van der Waals surface area contributed by atoms with Crippen molar-refractivity contribution in [1.29, 1.82) is 0 Å². The summed E-state index contributed by atoms with van der Waals surface area (Å²) in [5.41, 5.74) is -1.34. The van der Waals surface area contributed by atoms with Crippen LogP contribution in [-0.2, 0) is 6.61 Å². The van der Waals surface area contributed by atoms with E-state index in [2.05, 4.69) is 31.9 Å². The summed E-state index contributed by atoms with van der Waals surface area (Å²) in [6, 6.07) is -0.167. The van der Waals surface area contributed by atoms with Crippen LogP contribution in [0, 0.1) is 17.5 Å².